The molecule has 0 radical (unpaired) electrons. The van der Waals surface area contributed by atoms with Crippen LogP contribution >= 0.6 is 0 Å². The lowest BCUT2D eigenvalue weighted by atomic mass is 10.3. The first-order chi connectivity index (χ1) is 13.6. The number of pyridine rings is 2. The van der Waals surface area contributed by atoms with E-state index in [0.717, 1.165) is 18.0 Å². The second-order valence-corrected chi connectivity index (χ2v) is 7.15. The molecule has 1 N–H and O–H groups in total. The number of carbonyl (C=O) groups excluding carboxylic acids is 1. The maximum Gasteiger partial charge on any atom is 0.217 e. The van der Waals surface area contributed by atoms with Crippen LogP contribution in [0.25, 0.3) is 17.2 Å². The molecule has 1 unspecified atom stereocenters. The van der Waals surface area contributed by atoms with E-state index in [2.05, 4.69) is 20.4 Å². The van der Waals surface area contributed by atoms with Gasteiger partial charge in [0.05, 0.1) is 18.8 Å². The Bertz CT molecular complexity index is 966. The van der Waals surface area contributed by atoms with Gasteiger partial charge in [-0.15, -0.1) is 5.10 Å². The van der Waals surface area contributed by atoms with Gasteiger partial charge in [-0.3, -0.25) is 4.79 Å². The first-order valence-corrected chi connectivity index (χ1v) is 9.42. The monoisotopic (exact) mass is 381 g/mol. The summed E-state index contributed by atoms with van der Waals surface area (Å²) in [4.78, 5) is 20.0. The molecule has 1 atom stereocenters. The van der Waals surface area contributed by atoms with Crippen molar-refractivity contribution < 1.29 is 14.3 Å². The van der Waals surface area contributed by atoms with Crippen LogP contribution in [0.4, 0.5) is 0 Å². The number of rotatable bonds is 8. The van der Waals surface area contributed by atoms with Gasteiger partial charge in [-0.1, -0.05) is 0 Å². The molecular weight excluding hydrogens is 358 g/mol. The summed E-state index contributed by atoms with van der Waals surface area (Å²) in [7, 11) is 0. The molecule has 3 aromatic heterocycles. The van der Waals surface area contributed by atoms with Crippen LogP contribution < -0.4 is 14.8 Å². The fourth-order valence-electron chi connectivity index (χ4n) is 2.77. The number of hydrogen-bond donors (Lipinski definition) is 1. The maximum atomic E-state index is 11.0. The van der Waals surface area contributed by atoms with E-state index in [1.165, 1.54) is 19.8 Å². The van der Waals surface area contributed by atoms with Gasteiger partial charge < -0.3 is 14.8 Å². The fraction of sp³-hybridized carbons (Fsp3) is 0.400. The van der Waals surface area contributed by atoms with E-state index in [1.54, 1.807) is 10.7 Å². The Morgan fingerprint density at radius 2 is 2.14 bits per heavy atom. The molecule has 0 spiro atoms. The molecule has 0 aliphatic heterocycles. The summed E-state index contributed by atoms with van der Waals surface area (Å²) < 4.78 is 13.2. The molecule has 28 heavy (non-hydrogen) atoms. The van der Waals surface area contributed by atoms with Crippen LogP contribution in [-0.4, -0.2) is 44.7 Å². The average Bonchev–Trinajstić information content (AvgIpc) is 3.41. The number of amides is 1. The topological polar surface area (TPSA) is 90.6 Å². The lowest BCUT2D eigenvalue weighted by Crippen LogP contribution is -2.35. The molecule has 0 saturated heterocycles. The zero-order valence-corrected chi connectivity index (χ0v) is 16.0. The molecule has 8 nitrogen and oxygen atoms in total. The van der Waals surface area contributed by atoms with Crippen molar-refractivity contribution in [2.24, 2.45) is 5.92 Å². The summed E-state index contributed by atoms with van der Waals surface area (Å²) in [5.74, 6) is 2.60. The molecule has 1 fully saturated rings. The van der Waals surface area contributed by atoms with E-state index in [-0.39, 0.29) is 11.9 Å². The second kappa shape index (κ2) is 7.84. The van der Waals surface area contributed by atoms with E-state index in [0.29, 0.717) is 29.8 Å². The van der Waals surface area contributed by atoms with E-state index < -0.39 is 0 Å². The van der Waals surface area contributed by atoms with Gasteiger partial charge in [0.1, 0.15) is 23.8 Å². The molecule has 8 heteroatoms. The highest BCUT2D eigenvalue weighted by Gasteiger charge is 2.22. The molecule has 1 saturated carbocycles. The van der Waals surface area contributed by atoms with Gasteiger partial charge in [0.2, 0.25) is 11.7 Å². The number of ether oxygens (including phenoxy) is 2. The van der Waals surface area contributed by atoms with Gasteiger partial charge in [0, 0.05) is 19.2 Å². The molecular formula is C20H23N5O3. The zero-order chi connectivity index (χ0) is 19.5. The van der Waals surface area contributed by atoms with Crippen LogP contribution in [0.5, 0.6) is 11.5 Å². The lowest BCUT2D eigenvalue weighted by molar-refractivity contribution is -0.119. The highest BCUT2D eigenvalue weighted by atomic mass is 16.5. The Balaban J connectivity index is 1.41. The van der Waals surface area contributed by atoms with Crippen LogP contribution in [0.3, 0.4) is 0 Å². The number of fused-ring (bicyclic) bond motifs is 1. The van der Waals surface area contributed by atoms with Gasteiger partial charge in [0.15, 0.2) is 5.65 Å². The standard InChI is InChI=1S/C20H23N5O3/c1-13(22-14(2)26)11-27-17-5-6-18(21-10-17)20-23-19-9-16(7-8-25(19)24-20)28-12-15-3-4-15/h5-10,13,15H,3-4,11-12H2,1-2H3,(H,22,26). The second-order valence-electron chi connectivity index (χ2n) is 7.15. The van der Waals surface area contributed by atoms with Crippen molar-refractivity contribution in [1.82, 2.24) is 24.9 Å². The number of hydrogen-bond acceptors (Lipinski definition) is 6. The van der Waals surface area contributed by atoms with Crippen LogP contribution in [0.1, 0.15) is 26.7 Å². The van der Waals surface area contributed by atoms with Crippen LogP contribution in [0, 0.1) is 5.92 Å². The normalized spacial score (nSPS) is 14.6. The lowest BCUT2D eigenvalue weighted by Gasteiger charge is -2.13. The van der Waals surface area contributed by atoms with Crippen molar-refractivity contribution in [2.45, 2.75) is 32.7 Å². The maximum absolute atomic E-state index is 11.0. The van der Waals surface area contributed by atoms with Gasteiger partial charge in [-0.25, -0.2) is 14.5 Å². The van der Waals surface area contributed by atoms with E-state index in [1.807, 2.05) is 37.4 Å². The van der Waals surface area contributed by atoms with Gasteiger partial charge in [-0.05, 0) is 43.9 Å². The van der Waals surface area contributed by atoms with Crippen molar-refractivity contribution in [2.75, 3.05) is 13.2 Å². The first-order valence-electron chi connectivity index (χ1n) is 9.42. The highest BCUT2D eigenvalue weighted by Crippen LogP contribution is 2.29. The molecule has 0 aromatic carbocycles. The minimum atomic E-state index is -0.0800. The quantitative estimate of drug-likeness (QED) is 0.645. The van der Waals surface area contributed by atoms with Crippen molar-refractivity contribution in [3.8, 4) is 23.0 Å². The molecule has 146 valence electrons. The van der Waals surface area contributed by atoms with E-state index in [4.69, 9.17) is 9.47 Å². The number of nitrogens with one attached hydrogen (secondary N) is 1. The van der Waals surface area contributed by atoms with Crippen molar-refractivity contribution in [1.29, 1.82) is 0 Å². The third-order valence-electron chi connectivity index (χ3n) is 4.41. The van der Waals surface area contributed by atoms with Crippen LogP contribution in [0.2, 0.25) is 0 Å². The van der Waals surface area contributed by atoms with Gasteiger partial charge in [0.25, 0.3) is 0 Å². The summed E-state index contributed by atoms with van der Waals surface area (Å²) >= 11 is 0. The summed E-state index contributed by atoms with van der Waals surface area (Å²) in [6, 6.07) is 7.35. The molecule has 1 aliphatic carbocycles. The summed E-state index contributed by atoms with van der Waals surface area (Å²) in [6.45, 7) is 4.50. The minimum Gasteiger partial charge on any atom is -0.493 e. The summed E-state index contributed by atoms with van der Waals surface area (Å²) in [5.41, 5.74) is 1.38. The molecule has 3 heterocycles. The van der Waals surface area contributed by atoms with Gasteiger partial charge in [-0.2, -0.15) is 0 Å². The van der Waals surface area contributed by atoms with Crippen molar-refractivity contribution >= 4 is 11.6 Å². The van der Waals surface area contributed by atoms with Gasteiger partial charge >= 0.3 is 0 Å². The number of nitrogens with zero attached hydrogens (tertiary/aromatic N) is 4. The number of aromatic nitrogens is 4. The van der Waals surface area contributed by atoms with E-state index in [9.17, 15) is 4.79 Å². The van der Waals surface area contributed by atoms with Crippen LogP contribution in [-0.2, 0) is 4.79 Å². The molecule has 1 aliphatic rings. The first kappa shape index (κ1) is 18.2. The van der Waals surface area contributed by atoms with Crippen LogP contribution in [0.15, 0.2) is 36.7 Å². The Morgan fingerprint density at radius 3 is 2.86 bits per heavy atom. The Hall–Kier alpha value is -3.16. The van der Waals surface area contributed by atoms with E-state index >= 15 is 0 Å². The highest BCUT2D eigenvalue weighted by molar-refractivity contribution is 5.73. The predicted molar refractivity (Wildman–Crippen MR) is 103 cm³/mol. The smallest absolute Gasteiger partial charge is 0.217 e. The summed E-state index contributed by atoms with van der Waals surface area (Å²) in [6.07, 6.45) is 5.99. The summed E-state index contributed by atoms with van der Waals surface area (Å²) in [5, 5.41) is 7.24. The Kier molecular flexibility index (Phi) is 5.10. The zero-order valence-electron chi connectivity index (χ0n) is 16.0. The predicted octanol–water partition coefficient (Wildman–Crippen LogP) is 2.48. The minimum absolute atomic E-state index is 0.0754. The third-order valence-corrected chi connectivity index (χ3v) is 4.41. The van der Waals surface area contributed by atoms with Crippen molar-refractivity contribution in [3.63, 3.8) is 0 Å². The SMILES string of the molecule is CC(=O)NC(C)COc1ccc(-c2nc3cc(OCC4CC4)ccn3n2)nc1. The molecule has 4 rings (SSSR count). The Morgan fingerprint density at radius 1 is 1.29 bits per heavy atom. The molecule has 0 bridgehead atoms. The largest absolute Gasteiger partial charge is 0.493 e. The Labute approximate surface area is 162 Å². The average molecular weight is 381 g/mol. The number of carbonyl (C=O) groups is 1. The third kappa shape index (κ3) is 4.57. The fourth-order valence-corrected chi connectivity index (χ4v) is 2.77. The molecule has 3 aromatic rings. The van der Waals surface area contributed by atoms with Crippen molar-refractivity contribution in [3.05, 3.63) is 36.7 Å². The molecule has 1 amide bonds.